The monoisotopic (exact) mass is 641 g/mol. The van der Waals surface area contributed by atoms with Gasteiger partial charge in [-0.25, -0.2) is 9.59 Å². The number of carbonyl (C=O) groups excluding carboxylic acids is 3. The molecule has 0 aromatic heterocycles. The minimum atomic E-state index is -1.11. The van der Waals surface area contributed by atoms with Gasteiger partial charge in [0.2, 0.25) is 0 Å². The van der Waals surface area contributed by atoms with E-state index >= 15 is 0 Å². The molecule has 3 aromatic carbocycles. The number of nitrogens with one attached hydrogen (secondary N) is 3. The van der Waals surface area contributed by atoms with Crippen LogP contribution >= 0.6 is 0 Å². The average molecular weight is 642 g/mol. The zero-order chi connectivity index (χ0) is 33.7. The van der Waals surface area contributed by atoms with Gasteiger partial charge in [0.05, 0.1) is 25.3 Å². The summed E-state index contributed by atoms with van der Waals surface area (Å²) in [7, 11) is 1.50. The Labute approximate surface area is 275 Å². The summed E-state index contributed by atoms with van der Waals surface area (Å²) in [6.45, 7) is 5.83. The van der Waals surface area contributed by atoms with Crippen LogP contribution in [0.2, 0.25) is 0 Å². The number of carbonyl (C=O) groups is 4. The second-order valence-electron chi connectivity index (χ2n) is 12.8. The molecule has 248 valence electrons. The van der Waals surface area contributed by atoms with Crippen LogP contribution < -0.4 is 20.7 Å². The Bertz CT molecular complexity index is 1620. The summed E-state index contributed by atoms with van der Waals surface area (Å²) in [6.07, 6.45) is 2.61. The standard InChI is InChI=1S/C36H43N5O6/c1-23-10-8-9-13-28(23)38-34(45)39-29-17-16-25(19-31(29)47-4)22-40-35(46)41(33(44)36(40,2)3)27(18-24-14-15-24)21-37-30(20-32(42)43)26-11-6-5-7-12-26/h5-13,16-17,19,24,27,30,37H,14-15,18,20-22H2,1-4H3,(H,42,43)(H2,38,39,45)/t27-,30-/m0/s1. The van der Waals surface area contributed by atoms with Gasteiger partial charge < -0.3 is 30.7 Å². The molecule has 5 rings (SSSR count). The van der Waals surface area contributed by atoms with Crippen LogP contribution in [0.1, 0.15) is 62.3 Å². The summed E-state index contributed by atoms with van der Waals surface area (Å²) in [5.41, 5.74) is 2.52. The van der Waals surface area contributed by atoms with Crippen molar-refractivity contribution in [3.8, 4) is 5.75 Å². The largest absolute Gasteiger partial charge is 0.495 e. The Morgan fingerprint density at radius 1 is 0.979 bits per heavy atom. The number of rotatable bonds is 14. The predicted octanol–water partition coefficient (Wildman–Crippen LogP) is 6.16. The number of carboxylic acid groups (broad SMARTS) is 1. The van der Waals surface area contributed by atoms with E-state index in [2.05, 4.69) is 16.0 Å². The molecule has 4 N–H and O–H groups in total. The third kappa shape index (κ3) is 7.91. The number of nitrogens with zero attached hydrogens (tertiary/aromatic N) is 2. The fraction of sp³-hybridized carbons (Fsp3) is 0.389. The highest BCUT2D eigenvalue weighted by Crippen LogP contribution is 2.39. The molecule has 11 heteroatoms. The van der Waals surface area contributed by atoms with E-state index in [1.807, 2.05) is 61.5 Å². The minimum Gasteiger partial charge on any atom is -0.495 e. The number of amides is 5. The normalized spacial score (nSPS) is 16.9. The van der Waals surface area contributed by atoms with Crippen molar-refractivity contribution in [3.63, 3.8) is 0 Å². The molecule has 1 aliphatic carbocycles. The number of urea groups is 2. The first-order valence-electron chi connectivity index (χ1n) is 15.9. The molecule has 2 fully saturated rings. The van der Waals surface area contributed by atoms with Gasteiger partial charge in [-0.2, -0.15) is 0 Å². The Morgan fingerprint density at radius 2 is 1.66 bits per heavy atom. The number of hydrogen-bond donors (Lipinski definition) is 4. The number of imide groups is 1. The first kappa shape index (κ1) is 33.5. The van der Waals surface area contributed by atoms with E-state index in [1.54, 1.807) is 36.9 Å². The zero-order valence-corrected chi connectivity index (χ0v) is 27.3. The molecule has 3 aromatic rings. The van der Waals surface area contributed by atoms with Crippen LogP contribution in [0.25, 0.3) is 0 Å². The van der Waals surface area contributed by atoms with Crippen LogP contribution in [0.4, 0.5) is 21.0 Å². The van der Waals surface area contributed by atoms with E-state index in [0.29, 0.717) is 29.5 Å². The van der Waals surface area contributed by atoms with Gasteiger partial charge in [0.25, 0.3) is 5.91 Å². The summed E-state index contributed by atoms with van der Waals surface area (Å²) in [6, 6.07) is 20.4. The molecule has 1 aliphatic heterocycles. The van der Waals surface area contributed by atoms with Crippen molar-refractivity contribution in [2.45, 2.75) is 70.6 Å². The number of anilines is 2. The lowest BCUT2D eigenvalue weighted by Crippen LogP contribution is -2.48. The van der Waals surface area contributed by atoms with Crippen molar-refractivity contribution in [2.75, 3.05) is 24.3 Å². The Hall–Kier alpha value is -4.90. The molecule has 5 amide bonds. The van der Waals surface area contributed by atoms with E-state index < -0.39 is 29.6 Å². The molecule has 2 aliphatic rings. The van der Waals surface area contributed by atoms with Crippen LogP contribution in [0, 0.1) is 12.8 Å². The van der Waals surface area contributed by atoms with Crippen molar-refractivity contribution in [2.24, 2.45) is 5.92 Å². The SMILES string of the molecule is COc1cc(CN2C(=O)N([C@H](CN[C@@H](CC(=O)O)c3ccccc3)CC3CC3)C(=O)C2(C)C)ccc1NC(=O)Nc1ccccc1C. The number of hydrogen-bond acceptors (Lipinski definition) is 6. The van der Waals surface area contributed by atoms with Crippen LogP contribution in [-0.4, -0.2) is 64.1 Å². The van der Waals surface area contributed by atoms with Crippen molar-refractivity contribution >= 4 is 35.3 Å². The Balaban J connectivity index is 1.31. The van der Waals surface area contributed by atoms with E-state index in [9.17, 15) is 24.3 Å². The smallest absolute Gasteiger partial charge is 0.328 e. The quantitative estimate of drug-likeness (QED) is 0.155. The lowest BCUT2D eigenvalue weighted by molar-refractivity contribution is -0.138. The number of para-hydroxylation sites is 1. The maximum Gasteiger partial charge on any atom is 0.328 e. The molecular weight excluding hydrogens is 598 g/mol. The van der Waals surface area contributed by atoms with Crippen LogP contribution in [0.3, 0.4) is 0 Å². The second-order valence-corrected chi connectivity index (χ2v) is 12.8. The molecule has 1 saturated heterocycles. The Kier molecular flexibility index (Phi) is 10.1. The van der Waals surface area contributed by atoms with Crippen LogP contribution in [0.15, 0.2) is 72.8 Å². The van der Waals surface area contributed by atoms with Crippen molar-refractivity contribution in [1.82, 2.24) is 15.1 Å². The number of ether oxygens (including phenoxy) is 1. The lowest BCUT2D eigenvalue weighted by Gasteiger charge is -2.29. The summed E-state index contributed by atoms with van der Waals surface area (Å²) < 4.78 is 5.58. The fourth-order valence-electron chi connectivity index (χ4n) is 6.03. The molecule has 1 saturated carbocycles. The van der Waals surface area contributed by atoms with Crippen molar-refractivity contribution in [1.29, 1.82) is 0 Å². The van der Waals surface area contributed by atoms with E-state index in [0.717, 1.165) is 29.5 Å². The average Bonchev–Trinajstić information content (AvgIpc) is 3.85. The number of aryl methyl sites for hydroxylation is 1. The number of methoxy groups -OCH3 is 1. The van der Waals surface area contributed by atoms with Gasteiger partial charge in [-0.15, -0.1) is 0 Å². The maximum atomic E-state index is 14.1. The van der Waals surface area contributed by atoms with Gasteiger partial charge in [0.1, 0.15) is 11.3 Å². The summed E-state index contributed by atoms with van der Waals surface area (Å²) in [5.74, 6) is -0.394. The predicted molar refractivity (Wildman–Crippen MR) is 179 cm³/mol. The molecule has 0 radical (unpaired) electrons. The van der Waals surface area contributed by atoms with Gasteiger partial charge >= 0.3 is 18.0 Å². The third-order valence-electron chi connectivity index (χ3n) is 8.95. The van der Waals surface area contributed by atoms with E-state index in [4.69, 9.17) is 4.74 Å². The molecule has 1 heterocycles. The van der Waals surface area contributed by atoms with Crippen LogP contribution in [-0.2, 0) is 16.1 Å². The molecule has 11 nitrogen and oxygen atoms in total. The highest BCUT2D eigenvalue weighted by atomic mass is 16.5. The van der Waals surface area contributed by atoms with E-state index in [-0.39, 0.29) is 31.4 Å². The van der Waals surface area contributed by atoms with Crippen molar-refractivity contribution < 1.29 is 29.0 Å². The van der Waals surface area contributed by atoms with Gasteiger partial charge in [0, 0.05) is 24.8 Å². The third-order valence-corrected chi connectivity index (χ3v) is 8.95. The molecule has 0 unspecified atom stereocenters. The first-order chi connectivity index (χ1) is 22.5. The molecule has 2 atom stereocenters. The van der Waals surface area contributed by atoms with Crippen molar-refractivity contribution in [3.05, 3.63) is 89.5 Å². The summed E-state index contributed by atoms with van der Waals surface area (Å²) >= 11 is 0. The van der Waals surface area contributed by atoms with Gasteiger partial charge in [-0.3, -0.25) is 14.5 Å². The van der Waals surface area contributed by atoms with Gasteiger partial charge in [-0.1, -0.05) is 67.4 Å². The van der Waals surface area contributed by atoms with E-state index in [1.165, 1.54) is 12.0 Å². The second kappa shape index (κ2) is 14.3. The number of carboxylic acids is 1. The lowest BCUT2D eigenvalue weighted by atomic mass is 10.0. The fourth-order valence-corrected chi connectivity index (χ4v) is 6.03. The summed E-state index contributed by atoms with van der Waals surface area (Å²) in [4.78, 5) is 55.3. The van der Waals surface area contributed by atoms with Gasteiger partial charge in [0.15, 0.2) is 0 Å². The Morgan fingerprint density at radius 3 is 2.32 bits per heavy atom. The molecule has 0 spiro atoms. The highest BCUT2D eigenvalue weighted by molar-refractivity contribution is 6.07. The maximum absolute atomic E-state index is 14.1. The first-order valence-corrected chi connectivity index (χ1v) is 15.9. The van der Waals surface area contributed by atoms with Crippen LogP contribution in [0.5, 0.6) is 5.75 Å². The highest BCUT2D eigenvalue weighted by Gasteiger charge is 2.53. The molecule has 47 heavy (non-hydrogen) atoms. The van der Waals surface area contributed by atoms with Gasteiger partial charge in [-0.05, 0) is 68.0 Å². The zero-order valence-electron chi connectivity index (χ0n) is 27.3. The minimum absolute atomic E-state index is 0.125. The topological polar surface area (TPSA) is 140 Å². The number of benzene rings is 3. The number of aliphatic carboxylic acids is 1. The molecule has 0 bridgehead atoms. The summed E-state index contributed by atoms with van der Waals surface area (Å²) in [5, 5.41) is 18.6. The molecular formula is C36H43N5O6.